The Labute approximate surface area is 221 Å². The standard InChI is InChI=1S/C25H26F2N4O2S3/c1-4-29(5-2)12-13-30-22-21(36-25(30)34)23(32)31(19-8-6-7-9-20(19)33-3)24(28-22)35-15-16-14-17(26)10-11-18(16)27/h6-11,14H,4-5,12-13,15H2,1-3H3/p+1. The summed E-state index contributed by atoms with van der Waals surface area (Å²) in [5.74, 6) is -0.460. The molecule has 0 saturated heterocycles. The van der Waals surface area contributed by atoms with E-state index < -0.39 is 11.6 Å². The molecule has 0 aliphatic heterocycles. The molecule has 4 aromatic rings. The second-order valence-corrected chi connectivity index (χ2v) is 10.7. The molecule has 0 atom stereocenters. The van der Waals surface area contributed by atoms with E-state index in [0.717, 1.165) is 49.6 Å². The Hall–Kier alpha value is -2.60. The molecule has 4 rings (SSSR count). The fourth-order valence-corrected chi connectivity index (χ4v) is 6.25. The van der Waals surface area contributed by atoms with Crippen molar-refractivity contribution in [3.8, 4) is 11.4 Å². The summed E-state index contributed by atoms with van der Waals surface area (Å²) in [6.45, 7) is 7.72. The van der Waals surface area contributed by atoms with Crippen LogP contribution in [-0.4, -0.2) is 40.9 Å². The maximum atomic E-state index is 14.3. The molecular weight excluding hydrogens is 522 g/mol. The summed E-state index contributed by atoms with van der Waals surface area (Å²) in [7, 11) is 1.53. The van der Waals surface area contributed by atoms with Crippen molar-refractivity contribution in [2.75, 3.05) is 26.7 Å². The van der Waals surface area contributed by atoms with E-state index in [1.54, 1.807) is 18.2 Å². The van der Waals surface area contributed by atoms with E-state index in [1.807, 2.05) is 10.6 Å². The van der Waals surface area contributed by atoms with E-state index in [4.69, 9.17) is 21.9 Å². The molecule has 190 valence electrons. The summed E-state index contributed by atoms with van der Waals surface area (Å²) in [5, 5.41) is 0.345. The number of halogens is 2. The normalized spacial score (nSPS) is 11.5. The Morgan fingerprint density at radius 1 is 1.17 bits per heavy atom. The topological polar surface area (TPSA) is 53.5 Å². The number of para-hydroxylation sites is 2. The number of fused-ring (bicyclic) bond motifs is 1. The van der Waals surface area contributed by atoms with Crippen LogP contribution in [0.1, 0.15) is 19.4 Å². The quantitative estimate of drug-likeness (QED) is 0.180. The first-order valence-electron chi connectivity index (χ1n) is 11.6. The van der Waals surface area contributed by atoms with Crippen LogP contribution in [0.4, 0.5) is 8.78 Å². The highest BCUT2D eigenvalue weighted by atomic mass is 32.2. The van der Waals surface area contributed by atoms with Crippen molar-refractivity contribution in [3.05, 3.63) is 74.0 Å². The minimum atomic E-state index is -0.525. The summed E-state index contributed by atoms with van der Waals surface area (Å²) < 4.78 is 38.0. The van der Waals surface area contributed by atoms with Crippen molar-refractivity contribution in [3.63, 3.8) is 0 Å². The van der Waals surface area contributed by atoms with Gasteiger partial charge in [0.2, 0.25) is 0 Å². The van der Waals surface area contributed by atoms with Crippen molar-refractivity contribution in [2.45, 2.75) is 31.3 Å². The Balaban J connectivity index is 1.87. The van der Waals surface area contributed by atoms with E-state index in [9.17, 15) is 13.6 Å². The number of thioether (sulfide) groups is 1. The van der Waals surface area contributed by atoms with E-state index in [2.05, 4.69) is 13.8 Å². The average Bonchev–Trinajstić information content (AvgIpc) is 3.20. The molecule has 6 nitrogen and oxygen atoms in total. The molecule has 0 fully saturated rings. The fraction of sp³-hybridized carbons (Fsp3) is 0.320. The van der Waals surface area contributed by atoms with Gasteiger partial charge in [0, 0.05) is 11.3 Å². The minimum Gasteiger partial charge on any atom is -0.495 e. The lowest BCUT2D eigenvalue weighted by Crippen LogP contribution is -3.11. The average molecular weight is 550 g/mol. The van der Waals surface area contributed by atoms with Gasteiger partial charge in [-0.3, -0.25) is 9.36 Å². The van der Waals surface area contributed by atoms with Crippen molar-refractivity contribution in [1.29, 1.82) is 0 Å². The molecule has 2 heterocycles. The second kappa shape index (κ2) is 11.6. The van der Waals surface area contributed by atoms with Crippen LogP contribution < -0.4 is 15.2 Å². The number of hydrogen-bond donors (Lipinski definition) is 1. The van der Waals surface area contributed by atoms with Crippen molar-refractivity contribution in [1.82, 2.24) is 14.1 Å². The van der Waals surface area contributed by atoms with Crippen LogP contribution in [0, 0.1) is 15.6 Å². The predicted molar refractivity (Wildman–Crippen MR) is 143 cm³/mol. The zero-order chi connectivity index (χ0) is 25.8. The van der Waals surface area contributed by atoms with Crippen LogP contribution in [0.15, 0.2) is 52.4 Å². The first kappa shape index (κ1) is 26.5. The molecule has 0 aliphatic carbocycles. The molecule has 1 N–H and O–H groups in total. The molecule has 2 aromatic heterocycles. The summed E-state index contributed by atoms with van der Waals surface area (Å²) in [4.78, 5) is 20.1. The van der Waals surface area contributed by atoms with E-state index in [1.165, 1.54) is 27.9 Å². The molecule has 0 bridgehead atoms. The minimum absolute atomic E-state index is 0.0884. The Morgan fingerprint density at radius 3 is 2.64 bits per heavy atom. The number of nitrogens with one attached hydrogen (secondary N) is 1. The lowest BCUT2D eigenvalue weighted by Gasteiger charge is -2.17. The number of likely N-dealkylation sites (N-methyl/N-ethyl adjacent to an activating group) is 1. The zero-order valence-corrected chi connectivity index (χ0v) is 22.7. The highest BCUT2D eigenvalue weighted by molar-refractivity contribution is 7.98. The van der Waals surface area contributed by atoms with E-state index in [0.29, 0.717) is 37.4 Å². The Morgan fingerprint density at radius 2 is 1.92 bits per heavy atom. The maximum Gasteiger partial charge on any atom is 0.278 e. The third-order valence-electron chi connectivity index (χ3n) is 6.04. The molecule has 36 heavy (non-hydrogen) atoms. The number of methoxy groups -OCH3 is 1. The molecule has 0 saturated carbocycles. The van der Waals surface area contributed by atoms with Crippen molar-refractivity contribution in [2.24, 2.45) is 0 Å². The molecule has 0 unspecified atom stereocenters. The van der Waals surface area contributed by atoms with Gasteiger partial charge in [-0.2, -0.15) is 0 Å². The van der Waals surface area contributed by atoms with Gasteiger partial charge in [0.05, 0.1) is 39.0 Å². The number of rotatable bonds is 10. The summed E-state index contributed by atoms with van der Waals surface area (Å²) in [6, 6.07) is 10.5. The zero-order valence-electron chi connectivity index (χ0n) is 20.2. The van der Waals surface area contributed by atoms with Crippen LogP contribution in [-0.2, 0) is 12.3 Å². The molecule has 2 aromatic carbocycles. The van der Waals surface area contributed by atoms with Crippen LogP contribution in [0.25, 0.3) is 16.0 Å². The number of quaternary nitrogens is 1. The van der Waals surface area contributed by atoms with Crippen molar-refractivity contribution < 1.29 is 18.4 Å². The number of aromatic nitrogens is 3. The van der Waals surface area contributed by atoms with Gasteiger partial charge in [0.1, 0.15) is 22.1 Å². The monoisotopic (exact) mass is 549 g/mol. The summed E-state index contributed by atoms with van der Waals surface area (Å²) in [6.07, 6.45) is 0. The lowest BCUT2D eigenvalue weighted by atomic mass is 10.2. The molecule has 0 spiro atoms. The highest BCUT2D eigenvalue weighted by Gasteiger charge is 2.21. The SMILES string of the molecule is CC[NH+](CC)CCn1c(=S)sc2c(=O)n(-c3ccccc3OC)c(SCc3cc(F)ccc3F)nc21. The van der Waals surface area contributed by atoms with Crippen LogP contribution in [0.5, 0.6) is 5.75 Å². The van der Waals surface area contributed by atoms with E-state index in [-0.39, 0.29) is 16.9 Å². The van der Waals surface area contributed by atoms with Gasteiger partial charge in [-0.25, -0.2) is 13.8 Å². The van der Waals surface area contributed by atoms with Gasteiger partial charge in [0.15, 0.2) is 14.8 Å². The van der Waals surface area contributed by atoms with Crippen LogP contribution in [0.3, 0.4) is 0 Å². The van der Waals surface area contributed by atoms with Crippen LogP contribution in [0.2, 0.25) is 0 Å². The van der Waals surface area contributed by atoms with Gasteiger partial charge in [-0.05, 0) is 56.4 Å². The van der Waals surface area contributed by atoms with Gasteiger partial charge < -0.3 is 14.2 Å². The molecule has 0 radical (unpaired) electrons. The Kier molecular flexibility index (Phi) is 8.55. The summed E-state index contributed by atoms with van der Waals surface area (Å²) in [5.41, 5.74) is 0.931. The molecule has 11 heteroatoms. The van der Waals surface area contributed by atoms with Gasteiger partial charge in [-0.15, -0.1) is 0 Å². The van der Waals surface area contributed by atoms with Crippen LogP contribution >= 0.6 is 35.3 Å². The second-order valence-electron chi connectivity index (χ2n) is 8.11. The van der Waals surface area contributed by atoms with Gasteiger partial charge in [0.25, 0.3) is 5.56 Å². The first-order chi connectivity index (χ1) is 17.4. The molecule has 0 amide bonds. The summed E-state index contributed by atoms with van der Waals surface area (Å²) >= 11 is 8.02. The third-order valence-corrected chi connectivity index (χ3v) is 8.45. The van der Waals surface area contributed by atoms with E-state index >= 15 is 0 Å². The number of ether oxygens (including phenoxy) is 1. The first-order valence-corrected chi connectivity index (χ1v) is 13.8. The number of nitrogens with zero attached hydrogens (tertiary/aromatic N) is 3. The molecule has 0 aliphatic rings. The third kappa shape index (κ3) is 5.39. The highest BCUT2D eigenvalue weighted by Crippen LogP contribution is 2.31. The van der Waals surface area contributed by atoms with Gasteiger partial charge in [-0.1, -0.05) is 35.2 Å². The molecular formula is C25H27F2N4O2S3+. The largest absolute Gasteiger partial charge is 0.495 e. The fourth-order valence-electron chi connectivity index (χ4n) is 3.97. The number of hydrogen-bond acceptors (Lipinski definition) is 6. The number of benzene rings is 2. The Bertz CT molecular complexity index is 1500. The van der Waals surface area contributed by atoms with Crippen molar-refractivity contribution >= 4 is 45.7 Å². The van der Waals surface area contributed by atoms with Gasteiger partial charge >= 0.3 is 0 Å². The lowest BCUT2D eigenvalue weighted by molar-refractivity contribution is -0.897. The predicted octanol–water partition coefficient (Wildman–Crippen LogP) is 4.48. The number of thiazole rings is 1. The smallest absolute Gasteiger partial charge is 0.278 e. The maximum absolute atomic E-state index is 14.3.